The summed E-state index contributed by atoms with van der Waals surface area (Å²) < 4.78 is 18.5. The second kappa shape index (κ2) is 7.18. The van der Waals surface area contributed by atoms with Crippen molar-refractivity contribution >= 4 is 28.5 Å². The molecule has 0 aliphatic carbocycles. The Morgan fingerprint density at radius 1 is 1.15 bits per heavy atom. The van der Waals surface area contributed by atoms with Crippen molar-refractivity contribution in [1.82, 2.24) is 4.98 Å². The number of carbonyl (C=O) groups excluding carboxylic acids is 2. The van der Waals surface area contributed by atoms with E-state index in [4.69, 9.17) is 4.74 Å². The van der Waals surface area contributed by atoms with E-state index in [1.807, 2.05) is 0 Å². The van der Waals surface area contributed by atoms with Gasteiger partial charge in [0.15, 0.2) is 6.61 Å². The Balaban J connectivity index is 1.70. The zero-order valence-electron chi connectivity index (χ0n) is 13.8. The van der Waals surface area contributed by atoms with Gasteiger partial charge in [-0.1, -0.05) is 24.3 Å². The van der Waals surface area contributed by atoms with Crippen molar-refractivity contribution in [1.29, 1.82) is 0 Å². The summed E-state index contributed by atoms with van der Waals surface area (Å²) in [5.74, 6) is -1.86. The van der Waals surface area contributed by atoms with Crippen LogP contribution in [-0.4, -0.2) is 23.5 Å². The summed E-state index contributed by atoms with van der Waals surface area (Å²) in [5.41, 5.74) is 0.826. The Kier molecular flexibility index (Phi) is 4.79. The van der Waals surface area contributed by atoms with E-state index in [1.54, 1.807) is 37.3 Å². The molecule has 7 heteroatoms. The van der Waals surface area contributed by atoms with E-state index in [0.717, 1.165) is 6.07 Å². The van der Waals surface area contributed by atoms with Crippen LogP contribution in [-0.2, 0) is 9.53 Å². The SMILES string of the molecule is Cc1ccc(NC(=O)COC(=O)c2cc(=O)[nH]c3ccccc23)cc1F. The number of amides is 1. The molecule has 1 amide bonds. The number of rotatable bonds is 4. The third-order valence-electron chi connectivity index (χ3n) is 3.76. The lowest BCUT2D eigenvalue weighted by Crippen LogP contribution is -2.22. The molecule has 2 N–H and O–H groups in total. The number of anilines is 1. The largest absolute Gasteiger partial charge is 0.452 e. The maximum atomic E-state index is 13.5. The third-order valence-corrected chi connectivity index (χ3v) is 3.76. The second-order valence-corrected chi connectivity index (χ2v) is 5.68. The first-order valence-corrected chi connectivity index (χ1v) is 7.79. The minimum atomic E-state index is -0.794. The van der Waals surface area contributed by atoms with Crippen molar-refractivity contribution in [2.24, 2.45) is 0 Å². The van der Waals surface area contributed by atoms with E-state index in [-0.39, 0.29) is 11.3 Å². The molecule has 3 aromatic rings. The zero-order valence-corrected chi connectivity index (χ0v) is 13.8. The fourth-order valence-electron chi connectivity index (χ4n) is 2.45. The second-order valence-electron chi connectivity index (χ2n) is 5.68. The first kappa shape index (κ1) is 17.3. The Bertz CT molecular complexity index is 1060. The monoisotopic (exact) mass is 354 g/mol. The van der Waals surface area contributed by atoms with E-state index in [1.165, 1.54) is 12.1 Å². The van der Waals surface area contributed by atoms with Crippen molar-refractivity contribution < 1.29 is 18.7 Å². The molecule has 0 radical (unpaired) electrons. The number of para-hydroxylation sites is 1. The number of aromatic nitrogens is 1. The average molecular weight is 354 g/mol. The third kappa shape index (κ3) is 3.77. The van der Waals surface area contributed by atoms with Crippen LogP contribution in [0.15, 0.2) is 53.3 Å². The van der Waals surface area contributed by atoms with E-state index >= 15 is 0 Å². The van der Waals surface area contributed by atoms with Crippen LogP contribution in [0.25, 0.3) is 10.9 Å². The number of hydrogen-bond acceptors (Lipinski definition) is 4. The van der Waals surface area contributed by atoms with Gasteiger partial charge < -0.3 is 15.0 Å². The van der Waals surface area contributed by atoms with Crippen LogP contribution in [0.4, 0.5) is 10.1 Å². The molecule has 26 heavy (non-hydrogen) atoms. The Morgan fingerprint density at radius 3 is 2.69 bits per heavy atom. The van der Waals surface area contributed by atoms with Gasteiger partial charge >= 0.3 is 5.97 Å². The summed E-state index contributed by atoms with van der Waals surface area (Å²) >= 11 is 0. The minimum Gasteiger partial charge on any atom is -0.452 e. The number of halogens is 1. The predicted octanol–water partition coefficient (Wildman–Crippen LogP) is 2.77. The summed E-state index contributed by atoms with van der Waals surface area (Å²) in [6.07, 6.45) is 0. The summed E-state index contributed by atoms with van der Waals surface area (Å²) in [5, 5.41) is 2.95. The molecule has 3 rings (SSSR count). The molecule has 0 aliphatic heterocycles. The number of hydrogen-bond donors (Lipinski definition) is 2. The first-order valence-electron chi connectivity index (χ1n) is 7.79. The Labute approximate surface area is 147 Å². The van der Waals surface area contributed by atoms with Gasteiger partial charge in [-0.2, -0.15) is 0 Å². The molecule has 1 heterocycles. The first-order chi connectivity index (χ1) is 12.4. The predicted molar refractivity (Wildman–Crippen MR) is 94.6 cm³/mol. The van der Waals surface area contributed by atoms with Crippen LogP contribution >= 0.6 is 0 Å². The fourth-order valence-corrected chi connectivity index (χ4v) is 2.45. The quantitative estimate of drug-likeness (QED) is 0.705. The highest BCUT2D eigenvalue weighted by molar-refractivity contribution is 6.04. The number of pyridine rings is 1. The molecule has 0 fully saturated rings. The zero-order chi connectivity index (χ0) is 18.7. The highest BCUT2D eigenvalue weighted by atomic mass is 19.1. The molecule has 0 spiro atoms. The minimum absolute atomic E-state index is 0.0681. The molecule has 0 saturated heterocycles. The van der Waals surface area contributed by atoms with Crippen LogP contribution in [0.2, 0.25) is 0 Å². The standard InChI is InChI=1S/C19H15FN2O4/c1-11-6-7-12(8-15(11)20)21-18(24)10-26-19(25)14-9-17(23)22-16-5-3-2-4-13(14)16/h2-9H,10H2,1H3,(H,21,24)(H,22,23). The van der Waals surface area contributed by atoms with Crippen molar-refractivity contribution in [3.05, 3.63) is 75.8 Å². The summed E-state index contributed by atoms with van der Waals surface area (Å²) in [7, 11) is 0. The highest BCUT2D eigenvalue weighted by Crippen LogP contribution is 2.16. The normalized spacial score (nSPS) is 10.5. The van der Waals surface area contributed by atoms with Gasteiger partial charge in [-0.05, 0) is 30.7 Å². The molecule has 0 aliphatic rings. The van der Waals surface area contributed by atoms with Crippen LogP contribution in [0.3, 0.4) is 0 Å². The Morgan fingerprint density at radius 2 is 1.92 bits per heavy atom. The van der Waals surface area contributed by atoms with Crippen LogP contribution < -0.4 is 10.9 Å². The maximum absolute atomic E-state index is 13.5. The van der Waals surface area contributed by atoms with Gasteiger partial charge in [0.1, 0.15) is 5.82 Å². The average Bonchev–Trinajstić information content (AvgIpc) is 2.62. The van der Waals surface area contributed by atoms with Crippen LogP contribution in [0.5, 0.6) is 0 Å². The number of ether oxygens (including phenoxy) is 1. The van der Waals surface area contributed by atoms with E-state index in [2.05, 4.69) is 10.3 Å². The topological polar surface area (TPSA) is 88.3 Å². The van der Waals surface area contributed by atoms with Crippen molar-refractivity contribution in [2.75, 3.05) is 11.9 Å². The molecule has 0 unspecified atom stereocenters. The molecular weight excluding hydrogens is 339 g/mol. The molecule has 2 aromatic carbocycles. The fraction of sp³-hybridized carbons (Fsp3) is 0.105. The summed E-state index contributed by atoms with van der Waals surface area (Å²) in [4.78, 5) is 38.4. The lowest BCUT2D eigenvalue weighted by Gasteiger charge is -2.08. The molecule has 1 aromatic heterocycles. The smallest absolute Gasteiger partial charge is 0.339 e. The van der Waals surface area contributed by atoms with Crippen molar-refractivity contribution in [3.8, 4) is 0 Å². The van der Waals surface area contributed by atoms with Gasteiger partial charge in [0.2, 0.25) is 5.56 Å². The van der Waals surface area contributed by atoms with E-state index < -0.39 is 29.9 Å². The highest BCUT2D eigenvalue weighted by Gasteiger charge is 2.15. The summed E-state index contributed by atoms with van der Waals surface area (Å²) in [6.45, 7) is 1.05. The summed E-state index contributed by atoms with van der Waals surface area (Å²) in [6, 6.07) is 12.1. The number of carbonyl (C=O) groups is 2. The lowest BCUT2D eigenvalue weighted by molar-refractivity contribution is -0.119. The number of fused-ring (bicyclic) bond motifs is 1. The molecule has 6 nitrogen and oxygen atoms in total. The van der Waals surface area contributed by atoms with Gasteiger partial charge in [-0.15, -0.1) is 0 Å². The van der Waals surface area contributed by atoms with Crippen molar-refractivity contribution in [2.45, 2.75) is 6.92 Å². The number of esters is 1. The van der Waals surface area contributed by atoms with Gasteiger partial charge in [0.05, 0.1) is 5.56 Å². The number of H-pyrrole nitrogens is 1. The molecule has 0 saturated carbocycles. The maximum Gasteiger partial charge on any atom is 0.339 e. The number of benzene rings is 2. The van der Waals surface area contributed by atoms with Gasteiger partial charge in [0, 0.05) is 22.7 Å². The molecule has 0 bridgehead atoms. The van der Waals surface area contributed by atoms with Gasteiger partial charge in [0.25, 0.3) is 5.91 Å². The molecule has 0 atom stereocenters. The van der Waals surface area contributed by atoms with Crippen LogP contribution in [0, 0.1) is 12.7 Å². The van der Waals surface area contributed by atoms with Gasteiger partial charge in [-0.3, -0.25) is 9.59 Å². The Hall–Kier alpha value is -3.48. The molecule has 132 valence electrons. The van der Waals surface area contributed by atoms with Crippen LogP contribution in [0.1, 0.15) is 15.9 Å². The number of aryl methyl sites for hydroxylation is 1. The molecular formula is C19H15FN2O4. The van der Waals surface area contributed by atoms with Gasteiger partial charge in [-0.25, -0.2) is 9.18 Å². The lowest BCUT2D eigenvalue weighted by atomic mass is 10.1. The van der Waals surface area contributed by atoms with Crippen molar-refractivity contribution in [3.63, 3.8) is 0 Å². The number of nitrogens with one attached hydrogen (secondary N) is 2. The number of aromatic amines is 1. The van der Waals surface area contributed by atoms with E-state index in [9.17, 15) is 18.8 Å². The van der Waals surface area contributed by atoms with E-state index in [0.29, 0.717) is 16.5 Å².